The predicted molar refractivity (Wildman–Crippen MR) is 90.5 cm³/mol. The van der Waals surface area contributed by atoms with Crippen LogP contribution < -0.4 is 11.1 Å². The lowest BCUT2D eigenvalue weighted by atomic mass is 9.98. The van der Waals surface area contributed by atoms with Crippen LogP contribution in [0.15, 0.2) is 24.3 Å². The average Bonchev–Trinajstić information content (AvgIpc) is 2.57. The maximum Gasteiger partial charge on any atom is 0.237 e. The molecule has 0 aliphatic carbocycles. The molecule has 1 aliphatic rings. The van der Waals surface area contributed by atoms with E-state index >= 15 is 0 Å². The Kier molecular flexibility index (Phi) is 5.98. The molecule has 3 N–H and O–H groups in total. The largest absolute Gasteiger partial charge is 0.353 e. The van der Waals surface area contributed by atoms with Crippen molar-refractivity contribution in [2.24, 2.45) is 11.7 Å². The van der Waals surface area contributed by atoms with Gasteiger partial charge in [-0.05, 0) is 30.4 Å². The number of nitrogens with zero attached hydrogens (tertiary/aromatic N) is 1. The van der Waals surface area contributed by atoms with Crippen LogP contribution in [0, 0.1) is 5.92 Å². The molecule has 0 spiro atoms. The third-order valence-corrected chi connectivity index (χ3v) is 4.91. The van der Waals surface area contributed by atoms with Crippen LogP contribution in [0.5, 0.6) is 0 Å². The molecule has 3 atom stereocenters. The first-order valence-corrected chi connectivity index (χ1v) is 8.37. The number of amides is 1. The van der Waals surface area contributed by atoms with Crippen molar-refractivity contribution in [2.45, 2.75) is 52.2 Å². The Balaban J connectivity index is 1.83. The summed E-state index contributed by atoms with van der Waals surface area (Å²) >= 11 is 0. The summed E-state index contributed by atoms with van der Waals surface area (Å²) in [6, 6.07) is 8.53. The molecule has 2 rings (SSSR count). The summed E-state index contributed by atoms with van der Waals surface area (Å²) in [7, 11) is 0. The van der Waals surface area contributed by atoms with Crippen LogP contribution in [0.4, 0.5) is 0 Å². The van der Waals surface area contributed by atoms with Crippen LogP contribution >= 0.6 is 0 Å². The molecule has 4 nitrogen and oxygen atoms in total. The topological polar surface area (TPSA) is 58.4 Å². The van der Waals surface area contributed by atoms with Crippen molar-refractivity contribution in [1.29, 1.82) is 0 Å². The van der Waals surface area contributed by atoms with E-state index in [0.29, 0.717) is 12.6 Å². The van der Waals surface area contributed by atoms with Gasteiger partial charge in [-0.15, -0.1) is 0 Å². The normalized spacial score (nSPS) is 19.1. The first-order valence-electron chi connectivity index (χ1n) is 8.37. The van der Waals surface area contributed by atoms with E-state index in [1.54, 1.807) is 0 Å². The van der Waals surface area contributed by atoms with E-state index in [4.69, 9.17) is 5.73 Å². The zero-order valence-corrected chi connectivity index (χ0v) is 14.0. The minimum Gasteiger partial charge on any atom is -0.353 e. The summed E-state index contributed by atoms with van der Waals surface area (Å²) < 4.78 is 0. The first kappa shape index (κ1) is 17.0. The predicted octanol–water partition coefficient (Wildman–Crippen LogP) is 1.92. The highest BCUT2D eigenvalue weighted by atomic mass is 16.2. The van der Waals surface area contributed by atoms with Crippen LogP contribution in [0.25, 0.3) is 0 Å². The summed E-state index contributed by atoms with van der Waals surface area (Å²) in [5.74, 6) is 0.191. The Morgan fingerprint density at radius 1 is 1.32 bits per heavy atom. The van der Waals surface area contributed by atoms with E-state index in [9.17, 15) is 4.79 Å². The molecule has 0 saturated carbocycles. The molecule has 1 aromatic carbocycles. The highest BCUT2D eigenvalue weighted by Gasteiger charge is 2.23. The minimum absolute atomic E-state index is 0.0291. The molecule has 0 fully saturated rings. The first-order chi connectivity index (χ1) is 10.5. The van der Waals surface area contributed by atoms with Crippen molar-refractivity contribution < 1.29 is 4.79 Å². The Labute approximate surface area is 134 Å². The van der Waals surface area contributed by atoms with Gasteiger partial charge in [0, 0.05) is 25.7 Å². The zero-order chi connectivity index (χ0) is 16.1. The highest BCUT2D eigenvalue weighted by Crippen LogP contribution is 2.19. The molecule has 1 aliphatic heterocycles. The van der Waals surface area contributed by atoms with Crippen LogP contribution in [0.1, 0.15) is 38.3 Å². The number of carbonyl (C=O) groups excluding carboxylic acids is 1. The summed E-state index contributed by atoms with van der Waals surface area (Å²) in [4.78, 5) is 14.5. The number of benzene rings is 1. The van der Waals surface area contributed by atoms with E-state index in [1.807, 2.05) is 6.92 Å². The van der Waals surface area contributed by atoms with E-state index in [1.165, 1.54) is 11.1 Å². The Bertz CT molecular complexity index is 503. The second-order valence-electron chi connectivity index (χ2n) is 6.49. The summed E-state index contributed by atoms with van der Waals surface area (Å²) in [6.45, 7) is 8.92. The molecule has 4 heteroatoms. The molecule has 0 radical (unpaired) electrons. The number of nitrogens with one attached hydrogen (secondary N) is 1. The lowest BCUT2D eigenvalue weighted by Gasteiger charge is -2.34. The number of carbonyl (C=O) groups is 1. The standard InChI is InChI=1S/C18H29N3O/c1-4-13(2)17(19)18(22)20-11-14(3)21-10-9-15-7-5-6-8-16(15)12-21/h5-8,13-14,17H,4,9-12,19H2,1-3H3,(H,20,22). The zero-order valence-electron chi connectivity index (χ0n) is 14.0. The van der Waals surface area contributed by atoms with Crippen LogP contribution in [-0.4, -0.2) is 36.0 Å². The lowest BCUT2D eigenvalue weighted by Crippen LogP contribution is -2.49. The number of nitrogens with two attached hydrogens (primary N) is 1. The fraction of sp³-hybridized carbons (Fsp3) is 0.611. The molecular formula is C18H29N3O. The van der Waals surface area contributed by atoms with Gasteiger partial charge in [0.1, 0.15) is 0 Å². The van der Waals surface area contributed by atoms with E-state index in [0.717, 1.165) is 25.9 Å². The van der Waals surface area contributed by atoms with Crippen LogP contribution in [0.3, 0.4) is 0 Å². The van der Waals surface area contributed by atoms with Gasteiger partial charge in [-0.2, -0.15) is 0 Å². The van der Waals surface area contributed by atoms with E-state index < -0.39 is 6.04 Å². The van der Waals surface area contributed by atoms with Crippen LogP contribution in [0.2, 0.25) is 0 Å². The van der Waals surface area contributed by atoms with Gasteiger partial charge in [0.25, 0.3) is 0 Å². The highest BCUT2D eigenvalue weighted by molar-refractivity contribution is 5.81. The molecule has 0 saturated heterocycles. The Morgan fingerprint density at radius 3 is 2.68 bits per heavy atom. The molecule has 0 bridgehead atoms. The van der Waals surface area contributed by atoms with Gasteiger partial charge in [-0.3, -0.25) is 9.69 Å². The minimum atomic E-state index is -0.403. The number of rotatable bonds is 6. The monoisotopic (exact) mass is 303 g/mol. The van der Waals surface area contributed by atoms with Gasteiger partial charge < -0.3 is 11.1 Å². The number of fused-ring (bicyclic) bond motifs is 1. The second-order valence-corrected chi connectivity index (χ2v) is 6.49. The summed E-state index contributed by atoms with van der Waals surface area (Å²) in [5.41, 5.74) is 8.83. The third kappa shape index (κ3) is 4.08. The number of hydrogen-bond acceptors (Lipinski definition) is 3. The molecule has 1 aromatic rings. The summed E-state index contributed by atoms with van der Waals surface area (Å²) in [5, 5.41) is 3.01. The molecule has 1 amide bonds. The van der Waals surface area contributed by atoms with Gasteiger partial charge in [0.2, 0.25) is 5.91 Å². The van der Waals surface area contributed by atoms with Crippen molar-refractivity contribution in [3.63, 3.8) is 0 Å². The van der Waals surface area contributed by atoms with Crippen LogP contribution in [-0.2, 0) is 17.8 Å². The molecule has 0 aromatic heterocycles. The second kappa shape index (κ2) is 7.75. The molecule has 3 unspecified atom stereocenters. The fourth-order valence-electron chi connectivity index (χ4n) is 2.90. The van der Waals surface area contributed by atoms with Crippen molar-refractivity contribution >= 4 is 5.91 Å². The van der Waals surface area contributed by atoms with Gasteiger partial charge in [0.05, 0.1) is 6.04 Å². The van der Waals surface area contributed by atoms with E-state index in [2.05, 4.69) is 48.3 Å². The molecule has 1 heterocycles. The molecule has 122 valence electrons. The van der Waals surface area contributed by atoms with Crippen molar-refractivity contribution in [2.75, 3.05) is 13.1 Å². The van der Waals surface area contributed by atoms with E-state index in [-0.39, 0.29) is 11.8 Å². The maximum atomic E-state index is 12.1. The fourth-order valence-corrected chi connectivity index (χ4v) is 2.90. The smallest absolute Gasteiger partial charge is 0.237 e. The molecule has 22 heavy (non-hydrogen) atoms. The number of hydrogen-bond donors (Lipinski definition) is 2. The SMILES string of the molecule is CCC(C)C(N)C(=O)NCC(C)N1CCc2ccccc2C1. The molecular weight excluding hydrogens is 274 g/mol. The maximum absolute atomic E-state index is 12.1. The average molecular weight is 303 g/mol. The summed E-state index contributed by atoms with van der Waals surface area (Å²) in [6.07, 6.45) is 2.01. The van der Waals surface area contributed by atoms with Gasteiger partial charge in [0.15, 0.2) is 0 Å². The Hall–Kier alpha value is -1.39. The van der Waals surface area contributed by atoms with Gasteiger partial charge >= 0.3 is 0 Å². The van der Waals surface area contributed by atoms with Gasteiger partial charge in [-0.1, -0.05) is 44.5 Å². The van der Waals surface area contributed by atoms with Gasteiger partial charge in [-0.25, -0.2) is 0 Å². The van der Waals surface area contributed by atoms with Crippen molar-refractivity contribution in [1.82, 2.24) is 10.2 Å². The quantitative estimate of drug-likeness (QED) is 0.844. The van der Waals surface area contributed by atoms with Crippen molar-refractivity contribution in [3.05, 3.63) is 35.4 Å². The third-order valence-electron chi connectivity index (χ3n) is 4.91. The Morgan fingerprint density at radius 2 is 2.00 bits per heavy atom. The van der Waals surface area contributed by atoms with Crippen molar-refractivity contribution in [3.8, 4) is 0 Å². The lowest BCUT2D eigenvalue weighted by molar-refractivity contribution is -0.123.